The fourth-order valence-corrected chi connectivity index (χ4v) is 0.900. The zero-order chi connectivity index (χ0) is 11.0. The molecule has 14 heavy (non-hydrogen) atoms. The first-order valence-corrected chi connectivity index (χ1v) is 4.24. The van der Waals surface area contributed by atoms with Crippen LogP contribution in [0.2, 0.25) is 0 Å². The number of ether oxygens (including phenoxy) is 2. The number of carbonyl (C=O) groups is 1. The fraction of sp³-hybridized carbons (Fsp3) is 0.500. The molecule has 0 fully saturated rings. The van der Waals surface area contributed by atoms with Crippen molar-refractivity contribution in [2.24, 2.45) is 5.92 Å². The van der Waals surface area contributed by atoms with Gasteiger partial charge >= 0.3 is 5.97 Å². The molecule has 0 spiro atoms. The lowest BCUT2D eigenvalue weighted by atomic mass is 10.1. The van der Waals surface area contributed by atoms with Gasteiger partial charge in [0.2, 0.25) is 0 Å². The Morgan fingerprint density at radius 1 is 1.50 bits per heavy atom. The number of hydrogen-bond acceptors (Lipinski definition) is 4. The molecule has 1 N–H and O–H groups in total. The molecule has 0 bridgehead atoms. The van der Waals surface area contributed by atoms with Crippen molar-refractivity contribution in [3.63, 3.8) is 0 Å². The molecule has 4 nitrogen and oxygen atoms in total. The third-order valence-corrected chi connectivity index (χ3v) is 1.71. The minimum Gasteiger partial charge on any atom is -0.462 e. The molecule has 4 heteroatoms. The lowest BCUT2D eigenvalue weighted by molar-refractivity contribution is -0.140. The Hall–Kier alpha value is -1.13. The van der Waals surface area contributed by atoms with E-state index < -0.39 is 12.1 Å². The summed E-state index contributed by atoms with van der Waals surface area (Å²) in [5.41, 5.74) is 0. The topological polar surface area (TPSA) is 55.8 Å². The van der Waals surface area contributed by atoms with Crippen LogP contribution in [0.25, 0.3) is 0 Å². The Kier molecular flexibility index (Phi) is 6.70. The van der Waals surface area contributed by atoms with Gasteiger partial charge in [-0.1, -0.05) is 12.7 Å². The second-order valence-corrected chi connectivity index (χ2v) is 2.78. The number of hydrogen-bond donors (Lipinski definition) is 1. The normalized spacial score (nSPS) is 14.1. The molecule has 0 aromatic carbocycles. The summed E-state index contributed by atoms with van der Waals surface area (Å²) in [6, 6.07) is 0. The van der Waals surface area contributed by atoms with E-state index in [4.69, 9.17) is 9.47 Å². The monoisotopic (exact) mass is 200 g/mol. The molecule has 0 radical (unpaired) electrons. The zero-order valence-electron chi connectivity index (χ0n) is 8.31. The van der Waals surface area contributed by atoms with Gasteiger partial charge in [0.15, 0.2) is 0 Å². The maximum absolute atomic E-state index is 10.7. The number of carbonyl (C=O) groups excluding carboxylic acids is 1. The summed E-state index contributed by atoms with van der Waals surface area (Å²) in [5.74, 6) is -0.802. The maximum Gasteiger partial charge on any atom is 0.330 e. The Morgan fingerprint density at radius 2 is 2.14 bits per heavy atom. The molecular weight excluding hydrogens is 184 g/mol. The van der Waals surface area contributed by atoms with E-state index in [0.29, 0.717) is 6.61 Å². The molecular formula is C10H16O4. The Balaban J connectivity index is 4.01. The van der Waals surface area contributed by atoms with Crippen LogP contribution in [-0.4, -0.2) is 37.5 Å². The molecule has 0 aliphatic heterocycles. The molecule has 2 unspecified atom stereocenters. The molecule has 0 aliphatic rings. The first kappa shape index (κ1) is 12.9. The summed E-state index contributed by atoms with van der Waals surface area (Å²) in [6.07, 6.45) is 1.71. The predicted molar refractivity (Wildman–Crippen MR) is 52.7 cm³/mol. The van der Waals surface area contributed by atoms with E-state index in [-0.39, 0.29) is 12.5 Å². The molecule has 0 aromatic rings. The molecule has 0 saturated carbocycles. The summed E-state index contributed by atoms with van der Waals surface area (Å²) in [7, 11) is 1.51. The van der Waals surface area contributed by atoms with Gasteiger partial charge in [0, 0.05) is 19.1 Å². The number of rotatable bonds is 7. The number of methoxy groups -OCH3 is 1. The largest absolute Gasteiger partial charge is 0.462 e. The quantitative estimate of drug-likeness (QED) is 0.370. The number of aliphatic hydroxyl groups is 1. The average Bonchev–Trinajstić information content (AvgIpc) is 2.22. The van der Waals surface area contributed by atoms with Crippen molar-refractivity contribution in [1.82, 2.24) is 0 Å². The van der Waals surface area contributed by atoms with Crippen molar-refractivity contribution in [1.29, 1.82) is 0 Å². The van der Waals surface area contributed by atoms with Gasteiger partial charge < -0.3 is 14.6 Å². The Morgan fingerprint density at radius 3 is 2.57 bits per heavy atom. The van der Waals surface area contributed by atoms with Crippen LogP contribution in [0, 0.1) is 5.92 Å². The summed E-state index contributed by atoms with van der Waals surface area (Å²) < 4.78 is 9.65. The van der Waals surface area contributed by atoms with Gasteiger partial charge in [-0.2, -0.15) is 0 Å². The molecule has 0 aromatic heterocycles. The van der Waals surface area contributed by atoms with Gasteiger partial charge in [-0.25, -0.2) is 4.79 Å². The van der Waals surface area contributed by atoms with E-state index >= 15 is 0 Å². The molecule has 0 saturated heterocycles. The highest BCUT2D eigenvalue weighted by Crippen LogP contribution is 2.06. The highest BCUT2D eigenvalue weighted by molar-refractivity contribution is 5.81. The summed E-state index contributed by atoms with van der Waals surface area (Å²) in [6.45, 7) is 7.10. The van der Waals surface area contributed by atoms with E-state index in [1.807, 2.05) is 0 Å². The minimum atomic E-state index is -0.743. The van der Waals surface area contributed by atoms with Gasteiger partial charge in [0.1, 0.15) is 0 Å². The number of aliphatic hydroxyl groups excluding tert-OH is 1. The Bertz CT molecular complexity index is 200. The third kappa shape index (κ3) is 4.79. The van der Waals surface area contributed by atoms with Crippen LogP contribution in [0.1, 0.15) is 0 Å². The zero-order valence-corrected chi connectivity index (χ0v) is 8.31. The van der Waals surface area contributed by atoms with Gasteiger partial charge in [0.25, 0.3) is 0 Å². The number of esters is 1. The maximum atomic E-state index is 10.7. The third-order valence-electron chi connectivity index (χ3n) is 1.71. The summed E-state index contributed by atoms with van der Waals surface area (Å²) in [4.78, 5) is 10.7. The SMILES string of the molecule is C=CC(=O)OCC(COC)C(O)C=C. The van der Waals surface area contributed by atoms with Crippen LogP contribution in [0.4, 0.5) is 0 Å². The van der Waals surface area contributed by atoms with Gasteiger partial charge in [-0.3, -0.25) is 0 Å². The van der Waals surface area contributed by atoms with Crippen LogP contribution in [0.3, 0.4) is 0 Å². The van der Waals surface area contributed by atoms with Crippen LogP contribution in [0.5, 0.6) is 0 Å². The van der Waals surface area contributed by atoms with Gasteiger partial charge in [-0.15, -0.1) is 6.58 Å². The highest BCUT2D eigenvalue weighted by Gasteiger charge is 2.17. The first-order chi connectivity index (χ1) is 6.65. The van der Waals surface area contributed by atoms with Crippen LogP contribution in [0.15, 0.2) is 25.3 Å². The molecule has 0 heterocycles. The lowest BCUT2D eigenvalue weighted by Crippen LogP contribution is -2.28. The van der Waals surface area contributed by atoms with Crippen molar-refractivity contribution in [3.05, 3.63) is 25.3 Å². The second kappa shape index (κ2) is 7.29. The van der Waals surface area contributed by atoms with Crippen molar-refractivity contribution >= 4 is 5.97 Å². The highest BCUT2D eigenvalue weighted by atomic mass is 16.5. The van der Waals surface area contributed by atoms with E-state index in [2.05, 4.69) is 13.2 Å². The lowest BCUT2D eigenvalue weighted by Gasteiger charge is -2.18. The predicted octanol–water partition coefficient (Wildman–Crippen LogP) is 0.525. The average molecular weight is 200 g/mol. The molecule has 0 aliphatic carbocycles. The molecule has 80 valence electrons. The fourth-order valence-electron chi connectivity index (χ4n) is 0.900. The van der Waals surface area contributed by atoms with Crippen LogP contribution >= 0.6 is 0 Å². The van der Waals surface area contributed by atoms with Crippen LogP contribution < -0.4 is 0 Å². The van der Waals surface area contributed by atoms with E-state index in [1.165, 1.54) is 13.2 Å². The molecule has 0 amide bonds. The standard InChI is InChI=1S/C10H16O4/c1-4-9(11)8(6-13-3)7-14-10(12)5-2/h4-5,8-9,11H,1-2,6-7H2,3H3. The van der Waals surface area contributed by atoms with Crippen molar-refractivity contribution in [3.8, 4) is 0 Å². The second-order valence-electron chi connectivity index (χ2n) is 2.78. The first-order valence-electron chi connectivity index (χ1n) is 4.24. The Labute approximate surface area is 83.8 Å². The summed E-state index contributed by atoms with van der Waals surface area (Å²) >= 11 is 0. The molecule has 0 rings (SSSR count). The summed E-state index contributed by atoms with van der Waals surface area (Å²) in [5, 5.41) is 9.42. The van der Waals surface area contributed by atoms with Crippen molar-refractivity contribution < 1.29 is 19.4 Å². The van der Waals surface area contributed by atoms with Gasteiger partial charge in [0.05, 0.1) is 19.3 Å². The smallest absolute Gasteiger partial charge is 0.330 e. The van der Waals surface area contributed by atoms with Crippen molar-refractivity contribution in [2.75, 3.05) is 20.3 Å². The molecule has 2 atom stereocenters. The minimum absolute atomic E-state index is 0.0892. The van der Waals surface area contributed by atoms with Gasteiger partial charge in [-0.05, 0) is 0 Å². The van der Waals surface area contributed by atoms with E-state index in [9.17, 15) is 9.90 Å². The van der Waals surface area contributed by atoms with Crippen LogP contribution in [-0.2, 0) is 14.3 Å². The van der Waals surface area contributed by atoms with E-state index in [0.717, 1.165) is 6.08 Å². The van der Waals surface area contributed by atoms with Crippen molar-refractivity contribution in [2.45, 2.75) is 6.10 Å². The van der Waals surface area contributed by atoms with E-state index in [1.54, 1.807) is 0 Å².